The number of nitrogens with zero attached hydrogens (tertiary/aromatic N) is 3. The molecule has 0 atom stereocenters. The van der Waals surface area contributed by atoms with Gasteiger partial charge in [-0.1, -0.05) is 12.1 Å². The number of halogens is 1. The molecule has 0 saturated heterocycles. The number of aryl methyl sites for hydroxylation is 1. The summed E-state index contributed by atoms with van der Waals surface area (Å²) in [6, 6.07) is 12.2. The number of nitro groups is 1. The zero-order valence-corrected chi connectivity index (χ0v) is 12.7. The fourth-order valence-electron chi connectivity index (χ4n) is 2.32. The van der Waals surface area contributed by atoms with Gasteiger partial charge in [-0.25, -0.2) is 4.39 Å². The van der Waals surface area contributed by atoms with Crippen LogP contribution in [0.2, 0.25) is 0 Å². The largest absolute Gasteiger partial charge is 0.278 e. The van der Waals surface area contributed by atoms with Gasteiger partial charge in [0, 0.05) is 28.8 Å². The molecule has 0 bridgehead atoms. The maximum Gasteiger partial charge on any atom is 0.270 e. The summed E-state index contributed by atoms with van der Waals surface area (Å²) in [5.74, 6) is -0.362. The molecule has 24 heavy (non-hydrogen) atoms. The van der Waals surface area contributed by atoms with Gasteiger partial charge in [0.25, 0.3) is 5.69 Å². The Bertz CT molecular complexity index is 956. The van der Waals surface area contributed by atoms with Gasteiger partial charge in [0.1, 0.15) is 5.82 Å². The molecule has 120 valence electrons. The maximum atomic E-state index is 13.5. The fraction of sp³-hybridized carbons (Fsp3) is 0.0588. The van der Waals surface area contributed by atoms with Crippen LogP contribution < -0.4 is 5.43 Å². The average Bonchev–Trinajstić information content (AvgIpc) is 2.55. The first-order valence-electron chi connectivity index (χ1n) is 7.13. The third kappa shape index (κ3) is 3.35. The molecule has 6 nitrogen and oxygen atoms in total. The van der Waals surface area contributed by atoms with Crippen LogP contribution in [-0.4, -0.2) is 16.1 Å². The van der Waals surface area contributed by atoms with Crippen LogP contribution in [0, 0.1) is 22.9 Å². The Balaban J connectivity index is 1.89. The number of hydrogen-bond acceptors (Lipinski definition) is 5. The molecule has 3 rings (SSSR count). The van der Waals surface area contributed by atoms with E-state index in [4.69, 9.17) is 0 Å². The summed E-state index contributed by atoms with van der Waals surface area (Å²) in [6.07, 6.45) is 1.47. The number of benzene rings is 2. The van der Waals surface area contributed by atoms with E-state index < -0.39 is 4.92 Å². The minimum atomic E-state index is -0.465. The molecule has 0 radical (unpaired) electrons. The van der Waals surface area contributed by atoms with Crippen molar-refractivity contribution in [1.29, 1.82) is 0 Å². The highest BCUT2D eigenvalue weighted by Gasteiger charge is 2.06. The standard InChI is InChI=1S/C17H13FN4O2/c1-11-7-17(15-9-13(18)5-6-16(15)20-11)21-19-10-12-3-2-4-14(8-12)22(23)24/h2-10H,1H3,(H,20,21). The molecule has 2 aromatic carbocycles. The second kappa shape index (κ2) is 6.41. The summed E-state index contributed by atoms with van der Waals surface area (Å²) >= 11 is 0. The second-order valence-corrected chi connectivity index (χ2v) is 5.19. The Hall–Kier alpha value is -3.35. The molecule has 0 unspecified atom stereocenters. The van der Waals surface area contributed by atoms with Crippen molar-refractivity contribution in [1.82, 2.24) is 4.98 Å². The highest BCUT2D eigenvalue weighted by atomic mass is 19.1. The Morgan fingerprint density at radius 2 is 2.08 bits per heavy atom. The van der Waals surface area contributed by atoms with Crippen molar-refractivity contribution in [2.45, 2.75) is 6.92 Å². The van der Waals surface area contributed by atoms with E-state index in [1.54, 1.807) is 24.3 Å². The van der Waals surface area contributed by atoms with Crippen LogP contribution in [0.4, 0.5) is 15.8 Å². The van der Waals surface area contributed by atoms with Crippen LogP contribution in [0.1, 0.15) is 11.3 Å². The summed E-state index contributed by atoms with van der Waals surface area (Å²) in [4.78, 5) is 14.6. The summed E-state index contributed by atoms with van der Waals surface area (Å²) < 4.78 is 13.5. The number of aromatic nitrogens is 1. The molecule has 3 aromatic rings. The van der Waals surface area contributed by atoms with Gasteiger partial charge in [0.2, 0.25) is 0 Å². The van der Waals surface area contributed by atoms with Crippen LogP contribution in [0.15, 0.2) is 53.6 Å². The summed E-state index contributed by atoms with van der Waals surface area (Å²) in [5.41, 5.74) is 5.45. The molecule has 1 aromatic heterocycles. The zero-order valence-electron chi connectivity index (χ0n) is 12.7. The molecule has 0 saturated carbocycles. The van der Waals surface area contributed by atoms with Crippen LogP contribution in [0.3, 0.4) is 0 Å². The van der Waals surface area contributed by atoms with Gasteiger partial charge in [0.15, 0.2) is 0 Å². The van der Waals surface area contributed by atoms with Crippen LogP contribution in [0.25, 0.3) is 10.9 Å². The highest BCUT2D eigenvalue weighted by molar-refractivity contribution is 5.92. The quantitative estimate of drug-likeness (QED) is 0.446. The summed E-state index contributed by atoms with van der Waals surface area (Å²) in [5, 5.41) is 15.5. The number of hydrogen-bond donors (Lipinski definition) is 1. The van der Waals surface area contributed by atoms with Crippen molar-refractivity contribution in [3.05, 3.63) is 75.7 Å². The first kappa shape index (κ1) is 15.5. The van der Waals surface area contributed by atoms with Crippen molar-refractivity contribution in [2.75, 3.05) is 5.43 Å². The van der Waals surface area contributed by atoms with Gasteiger partial charge in [-0.15, -0.1) is 0 Å². The van der Waals surface area contributed by atoms with Gasteiger partial charge in [-0.05, 0) is 31.2 Å². The van der Waals surface area contributed by atoms with Crippen molar-refractivity contribution < 1.29 is 9.31 Å². The first-order chi connectivity index (χ1) is 11.5. The lowest BCUT2D eigenvalue weighted by atomic mass is 10.1. The Morgan fingerprint density at radius 1 is 1.25 bits per heavy atom. The molecule has 0 fully saturated rings. The van der Waals surface area contributed by atoms with E-state index >= 15 is 0 Å². The first-order valence-corrected chi connectivity index (χ1v) is 7.13. The van der Waals surface area contributed by atoms with E-state index in [2.05, 4.69) is 15.5 Å². The molecular weight excluding hydrogens is 311 g/mol. The average molecular weight is 324 g/mol. The minimum Gasteiger partial charge on any atom is -0.278 e. The monoisotopic (exact) mass is 324 g/mol. The van der Waals surface area contributed by atoms with Gasteiger partial charge < -0.3 is 0 Å². The van der Waals surface area contributed by atoms with Crippen LogP contribution >= 0.6 is 0 Å². The maximum absolute atomic E-state index is 13.5. The molecule has 0 amide bonds. The zero-order chi connectivity index (χ0) is 17.1. The minimum absolute atomic E-state index is 0.00812. The molecule has 0 aliphatic rings. The number of fused-ring (bicyclic) bond motifs is 1. The number of anilines is 1. The summed E-state index contributed by atoms with van der Waals surface area (Å²) in [6.45, 7) is 1.83. The Labute approximate surface area is 136 Å². The van der Waals surface area contributed by atoms with Gasteiger partial charge in [-0.3, -0.25) is 20.5 Å². The number of nitro benzene ring substituents is 1. The number of pyridine rings is 1. The van der Waals surface area contributed by atoms with Crippen molar-refractivity contribution in [3.8, 4) is 0 Å². The third-order valence-corrected chi connectivity index (χ3v) is 3.38. The fourth-order valence-corrected chi connectivity index (χ4v) is 2.32. The molecule has 0 aliphatic heterocycles. The van der Waals surface area contributed by atoms with E-state index in [1.165, 1.54) is 30.5 Å². The molecule has 1 heterocycles. The second-order valence-electron chi connectivity index (χ2n) is 5.19. The Kier molecular flexibility index (Phi) is 4.15. The SMILES string of the molecule is Cc1cc(NN=Cc2cccc([N+](=O)[O-])c2)c2cc(F)ccc2n1. The predicted octanol–water partition coefficient (Wildman–Crippen LogP) is 4.04. The van der Waals surface area contributed by atoms with Crippen molar-refractivity contribution in [2.24, 2.45) is 5.10 Å². The number of rotatable bonds is 4. The smallest absolute Gasteiger partial charge is 0.270 e. The van der Waals surface area contributed by atoms with E-state index in [0.717, 1.165) is 5.69 Å². The molecule has 7 heteroatoms. The van der Waals surface area contributed by atoms with Gasteiger partial charge >= 0.3 is 0 Å². The molecule has 0 aliphatic carbocycles. The van der Waals surface area contributed by atoms with E-state index in [0.29, 0.717) is 22.2 Å². The number of nitrogens with one attached hydrogen (secondary N) is 1. The van der Waals surface area contributed by atoms with Gasteiger partial charge in [-0.2, -0.15) is 5.10 Å². The summed E-state index contributed by atoms with van der Waals surface area (Å²) in [7, 11) is 0. The van der Waals surface area contributed by atoms with Crippen molar-refractivity contribution >= 4 is 28.5 Å². The number of hydrazone groups is 1. The molecule has 1 N–H and O–H groups in total. The van der Waals surface area contributed by atoms with E-state index in [9.17, 15) is 14.5 Å². The van der Waals surface area contributed by atoms with E-state index in [-0.39, 0.29) is 11.5 Å². The molecule has 0 spiro atoms. The predicted molar refractivity (Wildman–Crippen MR) is 90.8 cm³/mol. The van der Waals surface area contributed by atoms with E-state index in [1.807, 2.05) is 6.92 Å². The Morgan fingerprint density at radius 3 is 2.88 bits per heavy atom. The van der Waals surface area contributed by atoms with Crippen LogP contribution in [-0.2, 0) is 0 Å². The third-order valence-electron chi connectivity index (χ3n) is 3.38. The van der Waals surface area contributed by atoms with Crippen LogP contribution in [0.5, 0.6) is 0 Å². The lowest BCUT2D eigenvalue weighted by Gasteiger charge is -2.07. The normalized spacial score (nSPS) is 11.1. The highest BCUT2D eigenvalue weighted by Crippen LogP contribution is 2.24. The lowest BCUT2D eigenvalue weighted by molar-refractivity contribution is -0.384. The molecular formula is C17H13FN4O2. The topological polar surface area (TPSA) is 80.4 Å². The van der Waals surface area contributed by atoms with Gasteiger partial charge in [0.05, 0.1) is 22.3 Å². The number of non-ortho nitro benzene ring substituents is 1. The lowest BCUT2D eigenvalue weighted by Crippen LogP contribution is -1.96. The van der Waals surface area contributed by atoms with Crippen molar-refractivity contribution in [3.63, 3.8) is 0 Å².